The molecular weight excluding hydrogens is 282 g/mol. The Hall–Kier alpha value is -1.75. The van der Waals surface area contributed by atoms with Crippen LogP contribution in [0.25, 0.3) is 0 Å². The number of halogens is 1. The first-order valence-corrected chi connectivity index (χ1v) is 5.83. The van der Waals surface area contributed by atoms with E-state index in [1.54, 1.807) is 30.7 Å². The molecule has 0 spiro atoms. The molecule has 2 aromatic rings. The number of carbonyl (C=O) groups is 1. The van der Waals surface area contributed by atoms with Gasteiger partial charge in [-0.25, -0.2) is 4.98 Å². The smallest absolute Gasteiger partial charge is 0.270 e. The highest BCUT2D eigenvalue weighted by Crippen LogP contribution is 2.07. The predicted octanol–water partition coefficient (Wildman–Crippen LogP) is 2.17. The van der Waals surface area contributed by atoms with Crippen LogP contribution in [0.5, 0.6) is 0 Å². The molecule has 0 atom stereocenters. The molecule has 1 amide bonds. The second-order valence-electron chi connectivity index (χ2n) is 3.40. The van der Waals surface area contributed by atoms with Crippen molar-refractivity contribution >= 4 is 21.8 Å². The summed E-state index contributed by atoms with van der Waals surface area (Å²) in [6, 6.07) is 7.17. The van der Waals surface area contributed by atoms with Crippen LogP contribution >= 0.6 is 15.9 Å². The summed E-state index contributed by atoms with van der Waals surface area (Å²) in [4.78, 5) is 19.7. The molecular formula is C12H10BrN3O. The first kappa shape index (κ1) is 11.7. The lowest BCUT2D eigenvalue weighted by Crippen LogP contribution is -2.23. The van der Waals surface area contributed by atoms with E-state index in [1.807, 2.05) is 12.1 Å². The fourth-order valence-corrected chi connectivity index (χ4v) is 1.52. The quantitative estimate of drug-likeness (QED) is 0.943. The van der Waals surface area contributed by atoms with Gasteiger partial charge in [-0.15, -0.1) is 0 Å². The van der Waals surface area contributed by atoms with Crippen molar-refractivity contribution in [2.75, 3.05) is 0 Å². The topological polar surface area (TPSA) is 54.9 Å². The van der Waals surface area contributed by atoms with E-state index >= 15 is 0 Å². The van der Waals surface area contributed by atoms with Crippen molar-refractivity contribution in [3.63, 3.8) is 0 Å². The van der Waals surface area contributed by atoms with Crippen LogP contribution in [0.1, 0.15) is 16.1 Å². The summed E-state index contributed by atoms with van der Waals surface area (Å²) in [7, 11) is 0. The van der Waals surface area contributed by atoms with E-state index in [-0.39, 0.29) is 5.91 Å². The zero-order valence-electron chi connectivity index (χ0n) is 8.93. The zero-order chi connectivity index (χ0) is 12.1. The number of rotatable bonds is 3. The number of pyridine rings is 2. The van der Waals surface area contributed by atoms with Gasteiger partial charge in [-0.1, -0.05) is 0 Å². The molecule has 1 N–H and O–H groups in total. The minimum Gasteiger partial charge on any atom is -0.347 e. The molecule has 5 heteroatoms. The first-order chi connectivity index (χ1) is 8.25. The Morgan fingerprint density at radius 2 is 2.00 bits per heavy atom. The third-order valence-electron chi connectivity index (χ3n) is 2.16. The molecule has 0 aliphatic rings. The van der Waals surface area contributed by atoms with E-state index in [4.69, 9.17) is 0 Å². The summed E-state index contributed by atoms with van der Waals surface area (Å²) in [5.41, 5.74) is 1.41. The van der Waals surface area contributed by atoms with Crippen LogP contribution in [0.2, 0.25) is 0 Å². The second kappa shape index (κ2) is 5.54. The van der Waals surface area contributed by atoms with Crippen LogP contribution in [0.4, 0.5) is 0 Å². The van der Waals surface area contributed by atoms with Crippen LogP contribution in [0, 0.1) is 0 Å². The van der Waals surface area contributed by atoms with Crippen LogP contribution < -0.4 is 5.32 Å². The van der Waals surface area contributed by atoms with Crippen molar-refractivity contribution in [3.8, 4) is 0 Å². The highest BCUT2D eigenvalue weighted by molar-refractivity contribution is 9.10. The van der Waals surface area contributed by atoms with E-state index in [0.717, 1.165) is 10.0 Å². The Balaban J connectivity index is 1.96. The van der Waals surface area contributed by atoms with Crippen LogP contribution in [-0.4, -0.2) is 15.9 Å². The minimum atomic E-state index is -0.186. The Morgan fingerprint density at radius 3 is 2.65 bits per heavy atom. The van der Waals surface area contributed by atoms with Gasteiger partial charge >= 0.3 is 0 Å². The van der Waals surface area contributed by atoms with Gasteiger partial charge in [-0.05, 0) is 45.8 Å². The number of nitrogens with one attached hydrogen (secondary N) is 1. The summed E-state index contributed by atoms with van der Waals surface area (Å²) >= 11 is 3.27. The first-order valence-electron chi connectivity index (χ1n) is 5.04. The largest absolute Gasteiger partial charge is 0.347 e. The minimum absolute atomic E-state index is 0.186. The Labute approximate surface area is 107 Å². The molecule has 0 unspecified atom stereocenters. The maximum absolute atomic E-state index is 11.7. The monoisotopic (exact) mass is 291 g/mol. The molecule has 2 heterocycles. The van der Waals surface area contributed by atoms with Gasteiger partial charge in [0.2, 0.25) is 0 Å². The van der Waals surface area contributed by atoms with Gasteiger partial charge in [-0.3, -0.25) is 9.78 Å². The van der Waals surface area contributed by atoms with Gasteiger partial charge in [-0.2, -0.15) is 0 Å². The number of hydrogen-bond acceptors (Lipinski definition) is 3. The van der Waals surface area contributed by atoms with Gasteiger partial charge in [0.25, 0.3) is 5.91 Å². The Morgan fingerprint density at radius 1 is 1.24 bits per heavy atom. The lowest BCUT2D eigenvalue weighted by molar-refractivity contribution is 0.0946. The molecule has 0 aliphatic carbocycles. The highest BCUT2D eigenvalue weighted by atomic mass is 79.9. The van der Waals surface area contributed by atoms with Crippen molar-refractivity contribution in [1.29, 1.82) is 0 Å². The molecule has 0 aliphatic heterocycles. The van der Waals surface area contributed by atoms with E-state index < -0.39 is 0 Å². The molecule has 0 bridgehead atoms. The predicted molar refractivity (Wildman–Crippen MR) is 67.3 cm³/mol. The third-order valence-corrected chi connectivity index (χ3v) is 2.63. The van der Waals surface area contributed by atoms with Gasteiger partial charge in [0.15, 0.2) is 0 Å². The van der Waals surface area contributed by atoms with Crippen molar-refractivity contribution in [2.24, 2.45) is 0 Å². The fourth-order valence-electron chi connectivity index (χ4n) is 1.28. The number of hydrogen-bond donors (Lipinski definition) is 1. The standard InChI is InChI=1S/C12H10BrN3O/c13-10-1-2-11(15-8-10)12(17)16-7-9-3-5-14-6-4-9/h1-6,8H,7H2,(H,16,17). The highest BCUT2D eigenvalue weighted by Gasteiger charge is 2.05. The van der Waals surface area contributed by atoms with Gasteiger partial charge in [0.1, 0.15) is 5.69 Å². The van der Waals surface area contributed by atoms with Crippen LogP contribution in [0.15, 0.2) is 47.3 Å². The number of aromatic nitrogens is 2. The molecule has 4 nitrogen and oxygen atoms in total. The molecule has 0 radical (unpaired) electrons. The second-order valence-corrected chi connectivity index (χ2v) is 4.32. The summed E-state index contributed by atoms with van der Waals surface area (Å²) in [5.74, 6) is -0.186. The number of amides is 1. The lowest BCUT2D eigenvalue weighted by atomic mass is 10.2. The van der Waals surface area contributed by atoms with Crippen LogP contribution in [-0.2, 0) is 6.54 Å². The summed E-state index contributed by atoms with van der Waals surface area (Å²) in [5, 5.41) is 2.79. The van der Waals surface area contributed by atoms with Crippen molar-refractivity contribution in [3.05, 3.63) is 58.6 Å². The lowest BCUT2D eigenvalue weighted by Gasteiger charge is -2.04. The molecule has 2 rings (SSSR count). The summed E-state index contributed by atoms with van der Waals surface area (Å²) < 4.78 is 0.850. The third kappa shape index (κ3) is 3.35. The van der Waals surface area contributed by atoms with Crippen molar-refractivity contribution in [1.82, 2.24) is 15.3 Å². The van der Waals surface area contributed by atoms with E-state index in [0.29, 0.717) is 12.2 Å². The van der Waals surface area contributed by atoms with Crippen molar-refractivity contribution in [2.45, 2.75) is 6.54 Å². The Kier molecular flexibility index (Phi) is 3.82. The number of nitrogens with zero attached hydrogens (tertiary/aromatic N) is 2. The van der Waals surface area contributed by atoms with E-state index in [1.165, 1.54) is 0 Å². The maximum atomic E-state index is 11.7. The fraction of sp³-hybridized carbons (Fsp3) is 0.0833. The molecule has 0 fully saturated rings. The molecule has 17 heavy (non-hydrogen) atoms. The molecule has 2 aromatic heterocycles. The normalized spacial score (nSPS) is 9.94. The maximum Gasteiger partial charge on any atom is 0.270 e. The molecule has 0 saturated carbocycles. The molecule has 86 valence electrons. The summed E-state index contributed by atoms with van der Waals surface area (Å²) in [6.07, 6.45) is 4.99. The van der Waals surface area contributed by atoms with Crippen LogP contribution in [0.3, 0.4) is 0 Å². The SMILES string of the molecule is O=C(NCc1ccncc1)c1ccc(Br)cn1. The average Bonchev–Trinajstić information content (AvgIpc) is 2.38. The van der Waals surface area contributed by atoms with E-state index in [2.05, 4.69) is 31.2 Å². The van der Waals surface area contributed by atoms with Crippen molar-refractivity contribution < 1.29 is 4.79 Å². The summed E-state index contributed by atoms with van der Waals surface area (Å²) in [6.45, 7) is 0.471. The van der Waals surface area contributed by atoms with Gasteiger partial charge in [0, 0.05) is 29.6 Å². The van der Waals surface area contributed by atoms with Gasteiger partial charge < -0.3 is 5.32 Å². The zero-order valence-corrected chi connectivity index (χ0v) is 10.5. The number of carbonyl (C=O) groups excluding carboxylic acids is 1. The molecule has 0 saturated heterocycles. The Bertz CT molecular complexity index is 499. The molecule has 0 aromatic carbocycles. The van der Waals surface area contributed by atoms with Gasteiger partial charge in [0.05, 0.1) is 0 Å². The van der Waals surface area contributed by atoms with E-state index in [9.17, 15) is 4.79 Å². The average molecular weight is 292 g/mol.